The molecule has 1 unspecified atom stereocenters. The lowest BCUT2D eigenvalue weighted by Gasteiger charge is -2.10. The van der Waals surface area contributed by atoms with Gasteiger partial charge < -0.3 is 0 Å². The molecule has 1 atom stereocenters. The zero-order valence-electron chi connectivity index (χ0n) is 24.0. The first kappa shape index (κ1) is 33.2. The molecule has 0 bridgehead atoms. The molecule has 198 valence electrons. The first-order valence-electron chi connectivity index (χ1n) is 13.1. The van der Waals surface area contributed by atoms with Crippen molar-refractivity contribution in [1.29, 1.82) is 5.26 Å². The van der Waals surface area contributed by atoms with Gasteiger partial charge in [0.2, 0.25) is 0 Å². The number of hydrogen-bond acceptors (Lipinski definition) is 3. The van der Waals surface area contributed by atoms with Crippen molar-refractivity contribution in [3.05, 3.63) is 65.0 Å². The van der Waals surface area contributed by atoms with Crippen LogP contribution in [0, 0.1) is 29.5 Å². The molecule has 0 heterocycles. The number of ketones is 1. The predicted octanol–water partition coefficient (Wildman–Crippen LogP) is 9.89. The molecular formula is C32H47FN2O. The maximum absolute atomic E-state index is 13.7. The summed E-state index contributed by atoms with van der Waals surface area (Å²) in [5.41, 5.74) is 3.90. The Morgan fingerprint density at radius 3 is 2.11 bits per heavy atom. The Labute approximate surface area is 219 Å². The van der Waals surface area contributed by atoms with Gasteiger partial charge in [-0.25, -0.2) is 4.39 Å². The summed E-state index contributed by atoms with van der Waals surface area (Å²) in [7, 11) is 0. The summed E-state index contributed by atoms with van der Waals surface area (Å²) in [6.07, 6.45) is 5.49. The van der Waals surface area contributed by atoms with Gasteiger partial charge in [0.15, 0.2) is 0 Å². The van der Waals surface area contributed by atoms with Crippen molar-refractivity contribution in [1.82, 2.24) is 0 Å². The van der Waals surface area contributed by atoms with Crippen LogP contribution in [0.5, 0.6) is 0 Å². The number of aliphatic imine (C=N–C) groups is 1. The number of rotatable bonds is 9. The van der Waals surface area contributed by atoms with Crippen LogP contribution in [0.15, 0.2) is 47.5 Å². The number of Topliss-reactive ketones (excluding diaryl/α,β-unsaturated/α-hetero) is 1. The number of carbonyl (C=O) groups is 1. The maximum Gasteiger partial charge on any atom is 0.146 e. The summed E-state index contributed by atoms with van der Waals surface area (Å²) < 4.78 is 13.7. The summed E-state index contributed by atoms with van der Waals surface area (Å²) in [6, 6.07) is 15.2. The minimum atomic E-state index is -0.461. The zero-order chi connectivity index (χ0) is 27.7. The lowest BCUT2D eigenvalue weighted by Crippen LogP contribution is -2.03. The Bertz CT molecular complexity index is 976. The topological polar surface area (TPSA) is 53.2 Å². The monoisotopic (exact) mass is 494 g/mol. The standard InChI is InChI=1S/C14H17FN2.C13H18O.C5H12/c1-4-5-6-10(2)17-13-8-7-12(9-16)14(15)11(13)3;1-3-7-13(14)10-11(2)12-8-5-4-6-9-12;1-5(2,3)4/h7-8H,4-6H2,1-3H3;4-6,8-9,11H,3,7,10H2,1-2H3;1-4H3. The number of carbonyl (C=O) groups excluding carboxylic acids is 1. The van der Waals surface area contributed by atoms with E-state index in [-0.39, 0.29) is 5.56 Å². The predicted molar refractivity (Wildman–Crippen MR) is 153 cm³/mol. The first-order valence-corrected chi connectivity index (χ1v) is 13.1. The highest BCUT2D eigenvalue weighted by Crippen LogP contribution is 2.24. The number of hydrogen-bond donors (Lipinski definition) is 0. The molecule has 0 radical (unpaired) electrons. The van der Waals surface area contributed by atoms with E-state index >= 15 is 0 Å². The Morgan fingerprint density at radius 2 is 1.61 bits per heavy atom. The average Bonchev–Trinajstić information content (AvgIpc) is 2.81. The Kier molecular flexibility index (Phi) is 16.2. The second-order valence-corrected chi connectivity index (χ2v) is 10.9. The molecule has 36 heavy (non-hydrogen) atoms. The number of nitrogens with zero attached hydrogens (tertiary/aromatic N) is 2. The van der Waals surface area contributed by atoms with Crippen molar-refractivity contribution in [2.45, 2.75) is 107 Å². The maximum atomic E-state index is 13.7. The Hall–Kier alpha value is -2.80. The van der Waals surface area contributed by atoms with Crippen molar-refractivity contribution in [2.24, 2.45) is 10.4 Å². The van der Waals surface area contributed by atoms with E-state index in [0.717, 1.165) is 37.8 Å². The van der Waals surface area contributed by atoms with Crippen LogP contribution in [-0.2, 0) is 4.79 Å². The van der Waals surface area contributed by atoms with E-state index in [0.29, 0.717) is 34.8 Å². The largest absolute Gasteiger partial charge is 0.300 e. The van der Waals surface area contributed by atoms with E-state index in [1.54, 1.807) is 13.0 Å². The van der Waals surface area contributed by atoms with Gasteiger partial charge in [0.1, 0.15) is 17.7 Å². The summed E-state index contributed by atoms with van der Waals surface area (Å²) in [4.78, 5) is 15.8. The molecule has 0 saturated carbocycles. The zero-order valence-corrected chi connectivity index (χ0v) is 24.0. The molecule has 2 aromatic rings. The van der Waals surface area contributed by atoms with Gasteiger partial charge in [-0.05, 0) is 62.1 Å². The summed E-state index contributed by atoms with van der Waals surface area (Å²) in [6.45, 7) is 18.6. The lowest BCUT2D eigenvalue weighted by atomic mass is 9.94. The highest BCUT2D eigenvalue weighted by molar-refractivity contribution is 5.85. The minimum Gasteiger partial charge on any atom is -0.300 e. The Balaban J connectivity index is 0.000000581. The van der Waals surface area contributed by atoms with E-state index in [9.17, 15) is 9.18 Å². The van der Waals surface area contributed by atoms with Crippen LogP contribution >= 0.6 is 0 Å². The van der Waals surface area contributed by atoms with Gasteiger partial charge >= 0.3 is 0 Å². The fraction of sp³-hybridized carbons (Fsp3) is 0.531. The van der Waals surface area contributed by atoms with Gasteiger partial charge in [-0.2, -0.15) is 5.26 Å². The molecule has 0 spiro atoms. The third-order valence-corrected chi connectivity index (χ3v) is 5.11. The molecule has 0 aliphatic rings. The third kappa shape index (κ3) is 15.2. The van der Waals surface area contributed by atoms with Crippen molar-refractivity contribution < 1.29 is 9.18 Å². The molecule has 0 N–H and O–H groups in total. The van der Waals surface area contributed by atoms with Gasteiger partial charge in [-0.3, -0.25) is 9.79 Å². The molecule has 2 rings (SSSR count). The number of halogens is 1. The van der Waals surface area contributed by atoms with E-state index in [2.05, 4.69) is 58.7 Å². The molecule has 0 aliphatic heterocycles. The molecular weight excluding hydrogens is 447 g/mol. The van der Waals surface area contributed by atoms with E-state index in [1.807, 2.05) is 38.1 Å². The molecule has 0 fully saturated rings. The third-order valence-electron chi connectivity index (χ3n) is 5.11. The van der Waals surface area contributed by atoms with E-state index in [4.69, 9.17) is 5.26 Å². The lowest BCUT2D eigenvalue weighted by molar-refractivity contribution is -0.119. The SMILES string of the molecule is CC(C)(C)C.CCCC(=O)CC(C)c1ccccc1.CCCCC(C)=Nc1ccc(C#N)c(F)c1C. The fourth-order valence-electron chi connectivity index (χ4n) is 3.20. The van der Waals surface area contributed by atoms with Gasteiger partial charge in [0, 0.05) is 24.1 Å². The normalized spacial score (nSPS) is 11.9. The molecule has 4 heteroatoms. The van der Waals surface area contributed by atoms with Gasteiger partial charge in [0.05, 0.1) is 11.3 Å². The number of benzene rings is 2. The molecule has 0 saturated heterocycles. The highest BCUT2D eigenvalue weighted by Gasteiger charge is 2.10. The van der Waals surface area contributed by atoms with Crippen LogP contribution in [0.4, 0.5) is 10.1 Å². The van der Waals surface area contributed by atoms with E-state index in [1.165, 1.54) is 11.6 Å². The smallest absolute Gasteiger partial charge is 0.146 e. The second-order valence-electron chi connectivity index (χ2n) is 10.9. The minimum absolute atomic E-state index is 0.0765. The van der Waals surface area contributed by atoms with Gasteiger partial charge in [-0.1, -0.05) is 85.2 Å². The molecule has 3 nitrogen and oxygen atoms in total. The molecule has 2 aromatic carbocycles. The van der Waals surface area contributed by atoms with Crippen LogP contribution in [0.2, 0.25) is 0 Å². The highest BCUT2D eigenvalue weighted by atomic mass is 19.1. The van der Waals surface area contributed by atoms with Gasteiger partial charge in [0.25, 0.3) is 0 Å². The van der Waals surface area contributed by atoms with Crippen molar-refractivity contribution in [3.63, 3.8) is 0 Å². The second kappa shape index (κ2) is 17.6. The summed E-state index contributed by atoms with van der Waals surface area (Å²) in [5, 5.41) is 8.71. The quantitative estimate of drug-likeness (QED) is 0.326. The van der Waals surface area contributed by atoms with Gasteiger partial charge in [-0.15, -0.1) is 0 Å². The average molecular weight is 495 g/mol. The van der Waals surface area contributed by atoms with Crippen LogP contribution in [0.1, 0.15) is 117 Å². The van der Waals surface area contributed by atoms with Crippen LogP contribution < -0.4 is 0 Å². The van der Waals surface area contributed by atoms with Crippen molar-refractivity contribution in [2.75, 3.05) is 0 Å². The van der Waals surface area contributed by atoms with Crippen LogP contribution in [0.3, 0.4) is 0 Å². The Morgan fingerprint density at radius 1 is 1.03 bits per heavy atom. The van der Waals surface area contributed by atoms with E-state index < -0.39 is 5.82 Å². The number of unbranched alkanes of at least 4 members (excludes halogenated alkanes) is 1. The number of nitriles is 1. The molecule has 0 aliphatic carbocycles. The molecule has 0 aromatic heterocycles. The fourth-order valence-corrected chi connectivity index (χ4v) is 3.20. The summed E-state index contributed by atoms with van der Waals surface area (Å²) >= 11 is 0. The molecule has 0 amide bonds. The summed E-state index contributed by atoms with van der Waals surface area (Å²) in [5.74, 6) is 0.274. The van der Waals surface area contributed by atoms with Crippen molar-refractivity contribution in [3.8, 4) is 6.07 Å². The first-order chi connectivity index (χ1) is 16.8. The van der Waals surface area contributed by atoms with Crippen LogP contribution in [0.25, 0.3) is 0 Å². The van der Waals surface area contributed by atoms with Crippen molar-refractivity contribution >= 4 is 17.2 Å². The van der Waals surface area contributed by atoms with Crippen LogP contribution in [-0.4, -0.2) is 11.5 Å².